The standard InChI is InChI=1S/C25H34N6O/c1-7-31-18(3)23(17(2)28-31)16-30-13-12-20(15-30)24-22(14-26-25(27-24)29(4)5)19-8-10-21(32-6)11-9-19/h8-11,14,20H,7,12-13,15-16H2,1-6H3/t20-/m1/s1. The fourth-order valence-corrected chi connectivity index (χ4v) is 4.60. The molecule has 0 spiro atoms. The number of benzene rings is 1. The van der Waals surface area contributed by atoms with Crippen molar-refractivity contribution in [3.8, 4) is 16.9 Å². The molecule has 1 fully saturated rings. The van der Waals surface area contributed by atoms with Crippen molar-refractivity contribution in [1.29, 1.82) is 0 Å². The summed E-state index contributed by atoms with van der Waals surface area (Å²) in [5.41, 5.74) is 7.15. The maximum absolute atomic E-state index is 5.33. The Balaban J connectivity index is 1.61. The SMILES string of the molecule is CCn1nc(C)c(CN2CC[C@@H](c3nc(N(C)C)ncc3-c3ccc(OC)cc3)C2)c1C. The molecule has 7 heteroatoms. The van der Waals surface area contributed by atoms with E-state index in [-0.39, 0.29) is 0 Å². The smallest absolute Gasteiger partial charge is 0.225 e. The minimum atomic E-state index is 0.371. The molecular formula is C25H34N6O. The highest BCUT2D eigenvalue weighted by Crippen LogP contribution is 2.35. The number of nitrogens with zero attached hydrogens (tertiary/aromatic N) is 6. The van der Waals surface area contributed by atoms with Crippen molar-refractivity contribution in [2.45, 2.75) is 46.2 Å². The lowest BCUT2D eigenvalue weighted by atomic mass is 9.96. The molecule has 32 heavy (non-hydrogen) atoms. The largest absolute Gasteiger partial charge is 0.497 e. The van der Waals surface area contributed by atoms with Crippen LogP contribution >= 0.6 is 0 Å². The zero-order chi connectivity index (χ0) is 22.8. The first-order chi connectivity index (χ1) is 15.4. The first kappa shape index (κ1) is 22.3. The van der Waals surface area contributed by atoms with Crippen LogP contribution in [0.4, 0.5) is 5.95 Å². The summed E-state index contributed by atoms with van der Waals surface area (Å²) < 4.78 is 7.44. The lowest BCUT2D eigenvalue weighted by molar-refractivity contribution is 0.325. The normalized spacial score (nSPS) is 16.5. The van der Waals surface area contributed by atoms with Crippen molar-refractivity contribution in [3.05, 3.63) is 53.1 Å². The summed E-state index contributed by atoms with van der Waals surface area (Å²) in [7, 11) is 5.67. The van der Waals surface area contributed by atoms with Crippen molar-refractivity contribution in [2.24, 2.45) is 0 Å². The third-order valence-electron chi connectivity index (χ3n) is 6.48. The van der Waals surface area contributed by atoms with E-state index in [2.05, 4.69) is 47.5 Å². The molecule has 0 saturated carbocycles. The van der Waals surface area contributed by atoms with E-state index in [4.69, 9.17) is 14.8 Å². The predicted octanol–water partition coefficient (Wildman–Crippen LogP) is 4.04. The molecule has 1 aromatic carbocycles. The first-order valence-corrected chi connectivity index (χ1v) is 11.3. The quantitative estimate of drug-likeness (QED) is 0.559. The summed E-state index contributed by atoms with van der Waals surface area (Å²) in [4.78, 5) is 14.1. The Bertz CT molecular complexity index is 1070. The Kier molecular flexibility index (Phi) is 6.46. The fourth-order valence-electron chi connectivity index (χ4n) is 4.60. The van der Waals surface area contributed by atoms with Crippen LogP contribution in [0.25, 0.3) is 11.1 Å². The van der Waals surface area contributed by atoms with Crippen LogP contribution in [0.3, 0.4) is 0 Å². The number of aromatic nitrogens is 4. The molecule has 4 rings (SSSR count). The second-order valence-corrected chi connectivity index (χ2v) is 8.78. The third-order valence-corrected chi connectivity index (χ3v) is 6.48. The first-order valence-electron chi connectivity index (χ1n) is 11.3. The molecule has 7 nitrogen and oxygen atoms in total. The monoisotopic (exact) mass is 434 g/mol. The lowest BCUT2D eigenvalue weighted by Gasteiger charge is -2.20. The van der Waals surface area contributed by atoms with E-state index < -0.39 is 0 Å². The summed E-state index contributed by atoms with van der Waals surface area (Å²) in [6, 6.07) is 8.18. The van der Waals surface area contributed by atoms with Gasteiger partial charge in [-0.1, -0.05) is 12.1 Å². The molecular weight excluding hydrogens is 400 g/mol. The van der Waals surface area contributed by atoms with Gasteiger partial charge in [-0.25, -0.2) is 9.97 Å². The van der Waals surface area contributed by atoms with Crippen molar-refractivity contribution in [3.63, 3.8) is 0 Å². The van der Waals surface area contributed by atoms with Gasteiger partial charge < -0.3 is 9.64 Å². The average Bonchev–Trinajstić information content (AvgIpc) is 3.38. The Hall–Kier alpha value is -2.93. The molecule has 3 heterocycles. The van der Waals surface area contributed by atoms with Gasteiger partial charge in [0, 0.05) is 62.7 Å². The van der Waals surface area contributed by atoms with E-state index >= 15 is 0 Å². The van der Waals surface area contributed by atoms with Gasteiger partial charge >= 0.3 is 0 Å². The van der Waals surface area contributed by atoms with Crippen LogP contribution < -0.4 is 9.64 Å². The molecule has 1 atom stereocenters. The molecule has 0 radical (unpaired) electrons. The molecule has 1 saturated heterocycles. The summed E-state index contributed by atoms with van der Waals surface area (Å²) in [5, 5.41) is 4.70. The van der Waals surface area contributed by atoms with Crippen molar-refractivity contribution in [2.75, 3.05) is 39.2 Å². The Morgan fingerprint density at radius 1 is 1.16 bits per heavy atom. The Labute approximate surface area is 191 Å². The van der Waals surface area contributed by atoms with Gasteiger partial charge in [0.15, 0.2) is 0 Å². The number of ether oxygens (including phenoxy) is 1. The zero-order valence-corrected chi connectivity index (χ0v) is 20.1. The maximum atomic E-state index is 5.33. The minimum Gasteiger partial charge on any atom is -0.497 e. The average molecular weight is 435 g/mol. The highest BCUT2D eigenvalue weighted by Gasteiger charge is 2.29. The Morgan fingerprint density at radius 3 is 2.53 bits per heavy atom. The highest BCUT2D eigenvalue weighted by molar-refractivity contribution is 5.67. The number of hydrogen-bond donors (Lipinski definition) is 0. The van der Waals surface area contributed by atoms with E-state index in [9.17, 15) is 0 Å². The summed E-state index contributed by atoms with van der Waals surface area (Å²) >= 11 is 0. The van der Waals surface area contributed by atoms with E-state index in [1.165, 1.54) is 11.3 Å². The van der Waals surface area contributed by atoms with Gasteiger partial charge in [0.05, 0.1) is 18.5 Å². The van der Waals surface area contributed by atoms with Crippen LogP contribution in [0.2, 0.25) is 0 Å². The second kappa shape index (κ2) is 9.28. The van der Waals surface area contributed by atoms with Crippen LogP contribution in [0.1, 0.15) is 41.9 Å². The van der Waals surface area contributed by atoms with Gasteiger partial charge in [0.1, 0.15) is 5.75 Å². The second-order valence-electron chi connectivity index (χ2n) is 8.78. The highest BCUT2D eigenvalue weighted by atomic mass is 16.5. The molecule has 0 amide bonds. The van der Waals surface area contributed by atoms with Gasteiger partial charge in [-0.3, -0.25) is 9.58 Å². The van der Waals surface area contributed by atoms with E-state index in [1.54, 1.807) is 7.11 Å². The van der Waals surface area contributed by atoms with Gasteiger partial charge in [-0.05, 0) is 51.4 Å². The molecule has 2 aromatic heterocycles. The van der Waals surface area contributed by atoms with Gasteiger partial charge in [-0.15, -0.1) is 0 Å². The summed E-state index contributed by atoms with van der Waals surface area (Å²) in [6.07, 6.45) is 3.06. The number of methoxy groups -OCH3 is 1. The van der Waals surface area contributed by atoms with Crippen molar-refractivity contribution in [1.82, 2.24) is 24.6 Å². The third kappa shape index (κ3) is 4.35. The van der Waals surface area contributed by atoms with Crippen LogP contribution in [-0.4, -0.2) is 58.9 Å². The molecule has 3 aromatic rings. The van der Waals surface area contributed by atoms with Crippen molar-refractivity contribution >= 4 is 5.95 Å². The Morgan fingerprint density at radius 2 is 1.91 bits per heavy atom. The minimum absolute atomic E-state index is 0.371. The molecule has 1 aliphatic heterocycles. The predicted molar refractivity (Wildman–Crippen MR) is 128 cm³/mol. The van der Waals surface area contributed by atoms with Gasteiger partial charge in [0.25, 0.3) is 0 Å². The maximum Gasteiger partial charge on any atom is 0.225 e. The topological polar surface area (TPSA) is 59.3 Å². The molecule has 1 aliphatic rings. The molecule has 0 bridgehead atoms. The molecule has 170 valence electrons. The van der Waals surface area contributed by atoms with Crippen molar-refractivity contribution < 1.29 is 4.74 Å². The molecule has 0 aliphatic carbocycles. The van der Waals surface area contributed by atoms with Crippen LogP contribution in [-0.2, 0) is 13.1 Å². The van der Waals surface area contributed by atoms with E-state index in [0.29, 0.717) is 5.92 Å². The van der Waals surface area contributed by atoms with Gasteiger partial charge in [-0.2, -0.15) is 5.10 Å². The van der Waals surface area contributed by atoms with E-state index in [0.717, 1.165) is 66.8 Å². The summed E-state index contributed by atoms with van der Waals surface area (Å²) in [5.74, 6) is 1.98. The van der Waals surface area contributed by atoms with Crippen LogP contribution in [0, 0.1) is 13.8 Å². The lowest BCUT2D eigenvalue weighted by Crippen LogP contribution is -2.21. The van der Waals surface area contributed by atoms with Crippen LogP contribution in [0.15, 0.2) is 30.5 Å². The molecule has 0 N–H and O–H groups in total. The molecule has 0 unspecified atom stereocenters. The fraction of sp³-hybridized carbons (Fsp3) is 0.480. The van der Waals surface area contributed by atoms with E-state index in [1.807, 2.05) is 37.3 Å². The number of anilines is 1. The summed E-state index contributed by atoms with van der Waals surface area (Å²) in [6.45, 7) is 10.4. The number of likely N-dealkylation sites (tertiary alicyclic amines) is 1. The zero-order valence-electron chi connectivity index (χ0n) is 20.1. The van der Waals surface area contributed by atoms with Crippen LogP contribution in [0.5, 0.6) is 5.75 Å². The van der Waals surface area contributed by atoms with Gasteiger partial charge in [0.2, 0.25) is 5.95 Å². The number of rotatable bonds is 7. The number of hydrogen-bond acceptors (Lipinski definition) is 6. The number of aryl methyl sites for hydroxylation is 2.